The Morgan fingerprint density at radius 1 is 1.07 bits per heavy atom. The van der Waals surface area contributed by atoms with E-state index in [2.05, 4.69) is 21.8 Å². The Kier molecular flexibility index (Phi) is 6.07. The summed E-state index contributed by atoms with van der Waals surface area (Å²) < 4.78 is 8.23. The van der Waals surface area contributed by atoms with Crippen LogP contribution in [0.3, 0.4) is 0 Å². The molecule has 2 aromatic heterocycles. The Morgan fingerprint density at radius 3 is 2.48 bits per heavy atom. The first kappa shape index (κ1) is 20.3. The maximum absolute atomic E-state index is 12.6. The molecule has 0 aliphatic heterocycles. The third-order valence-corrected chi connectivity index (χ3v) is 4.84. The molecule has 0 bridgehead atoms. The number of carbonyl (C=O) groups excluding carboxylic acids is 2. The van der Waals surface area contributed by atoms with Crippen LogP contribution in [0.5, 0.6) is 0 Å². The summed E-state index contributed by atoms with van der Waals surface area (Å²) in [6, 6.07) is 14.5. The molecule has 0 saturated carbocycles. The van der Waals surface area contributed by atoms with Gasteiger partial charge < -0.3 is 9.30 Å². The maximum Gasteiger partial charge on any atom is 0.359 e. The molecule has 0 aliphatic carbocycles. The van der Waals surface area contributed by atoms with Crippen molar-refractivity contribution in [2.24, 2.45) is 7.05 Å². The highest BCUT2D eigenvalue weighted by atomic mass is 16.5. The van der Waals surface area contributed by atoms with Crippen LogP contribution in [0, 0.1) is 13.8 Å². The molecule has 29 heavy (non-hydrogen) atoms. The minimum Gasteiger partial charge on any atom is -0.453 e. The van der Waals surface area contributed by atoms with E-state index in [9.17, 15) is 14.4 Å². The molecule has 2 heterocycles. The summed E-state index contributed by atoms with van der Waals surface area (Å²) in [5.41, 5.74) is 3.24. The minimum absolute atomic E-state index is 0.0202. The second kappa shape index (κ2) is 8.68. The Morgan fingerprint density at radius 2 is 1.79 bits per heavy atom. The van der Waals surface area contributed by atoms with Crippen LogP contribution in [0.25, 0.3) is 0 Å². The van der Waals surface area contributed by atoms with E-state index in [0.29, 0.717) is 5.56 Å². The van der Waals surface area contributed by atoms with E-state index in [1.165, 1.54) is 24.7 Å². The molecule has 0 spiro atoms. The van der Waals surface area contributed by atoms with Gasteiger partial charge in [-0.05, 0) is 38.0 Å². The third kappa shape index (κ3) is 4.68. The van der Waals surface area contributed by atoms with Gasteiger partial charge in [-0.2, -0.15) is 5.10 Å². The third-order valence-electron chi connectivity index (χ3n) is 4.84. The van der Waals surface area contributed by atoms with Crippen LogP contribution in [0.15, 0.2) is 53.3 Å². The van der Waals surface area contributed by atoms with Crippen LogP contribution >= 0.6 is 0 Å². The molecule has 7 heteroatoms. The van der Waals surface area contributed by atoms with Crippen molar-refractivity contribution in [3.8, 4) is 0 Å². The number of Topliss-reactive ketones (excluding diaryl/α,β-unsaturated/α-hetero) is 1. The number of carbonyl (C=O) groups is 2. The SMILES string of the molecule is Cc1cc(C(=O)COC(=O)c2ccc(=O)n(C)n2)c(C)n1CCc1ccccc1. The summed E-state index contributed by atoms with van der Waals surface area (Å²) in [7, 11) is 1.44. The Hall–Kier alpha value is -3.48. The van der Waals surface area contributed by atoms with Crippen molar-refractivity contribution in [1.82, 2.24) is 14.3 Å². The summed E-state index contributed by atoms with van der Waals surface area (Å²) in [4.78, 5) is 36.1. The number of ketones is 1. The van der Waals surface area contributed by atoms with Gasteiger partial charge >= 0.3 is 5.97 Å². The quantitative estimate of drug-likeness (QED) is 0.455. The predicted molar refractivity (Wildman–Crippen MR) is 108 cm³/mol. The van der Waals surface area contributed by atoms with Gasteiger partial charge in [-0.15, -0.1) is 0 Å². The van der Waals surface area contributed by atoms with Crippen LogP contribution in [0.4, 0.5) is 0 Å². The van der Waals surface area contributed by atoms with E-state index in [0.717, 1.165) is 29.0 Å². The molecule has 0 saturated heterocycles. The van der Waals surface area contributed by atoms with Crippen LogP contribution in [0.1, 0.15) is 37.8 Å². The number of nitrogens with zero attached hydrogens (tertiary/aromatic N) is 3. The van der Waals surface area contributed by atoms with Crippen molar-refractivity contribution in [2.45, 2.75) is 26.8 Å². The van der Waals surface area contributed by atoms with Crippen molar-refractivity contribution in [3.63, 3.8) is 0 Å². The summed E-state index contributed by atoms with van der Waals surface area (Å²) in [5, 5.41) is 3.83. The van der Waals surface area contributed by atoms with Crippen molar-refractivity contribution in [1.29, 1.82) is 0 Å². The number of benzene rings is 1. The molecule has 150 valence electrons. The molecular formula is C22H23N3O4. The second-order valence-corrected chi connectivity index (χ2v) is 6.85. The van der Waals surface area contributed by atoms with Gasteiger partial charge in [0.15, 0.2) is 12.3 Å². The van der Waals surface area contributed by atoms with Crippen LogP contribution in [-0.2, 0) is 24.8 Å². The number of ether oxygens (including phenoxy) is 1. The van der Waals surface area contributed by atoms with Gasteiger partial charge in [-0.1, -0.05) is 30.3 Å². The lowest BCUT2D eigenvalue weighted by Crippen LogP contribution is -2.23. The Balaban J connectivity index is 1.65. The molecule has 0 radical (unpaired) electrons. The van der Waals surface area contributed by atoms with E-state index < -0.39 is 5.97 Å². The second-order valence-electron chi connectivity index (χ2n) is 6.85. The van der Waals surface area contributed by atoms with Gasteiger partial charge in [0.1, 0.15) is 0 Å². The molecule has 7 nitrogen and oxygen atoms in total. The maximum atomic E-state index is 12.6. The molecule has 0 N–H and O–H groups in total. The Labute approximate surface area is 168 Å². The van der Waals surface area contributed by atoms with E-state index in [-0.39, 0.29) is 23.6 Å². The molecule has 3 aromatic rings. The average molecular weight is 393 g/mol. The zero-order valence-corrected chi connectivity index (χ0v) is 16.7. The molecule has 0 unspecified atom stereocenters. The Bertz CT molecular complexity index is 1100. The summed E-state index contributed by atoms with van der Waals surface area (Å²) in [6.07, 6.45) is 0.859. The van der Waals surface area contributed by atoms with Crippen LogP contribution < -0.4 is 5.56 Å². The molecule has 0 atom stereocenters. The van der Waals surface area contributed by atoms with Gasteiger partial charge in [-0.25, -0.2) is 9.48 Å². The number of hydrogen-bond donors (Lipinski definition) is 0. The monoisotopic (exact) mass is 393 g/mol. The van der Waals surface area contributed by atoms with Gasteiger partial charge in [0, 0.05) is 36.6 Å². The number of hydrogen-bond acceptors (Lipinski definition) is 5. The molecule has 0 amide bonds. The normalized spacial score (nSPS) is 10.7. The fourth-order valence-corrected chi connectivity index (χ4v) is 3.21. The minimum atomic E-state index is -0.744. The highest BCUT2D eigenvalue weighted by Gasteiger charge is 2.18. The number of rotatable bonds is 7. The lowest BCUT2D eigenvalue weighted by Gasteiger charge is -2.10. The number of aromatic nitrogens is 3. The van der Waals surface area contributed by atoms with Crippen LogP contribution in [0.2, 0.25) is 0 Å². The first-order valence-electron chi connectivity index (χ1n) is 9.32. The highest BCUT2D eigenvalue weighted by Crippen LogP contribution is 2.17. The van der Waals surface area contributed by atoms with Gasteiger partial charge in [0.25, 0.3) is 5.56 Å². The number of aryl methyl sites for hydroxylation is 3. The summed E-state index contributed by atoms with van der Waals surface area (Å²) in [6.45, 7) is 4.22. The van der Waals surface area contributed by atoms with Gasteiger partial charge in [0.05, 0.1) is 0 Å². The van der Waals surface area contributed by atoms with Gasteiger partial charge in [0.2, 0.25) is 5.78 Å². The zero-order chi connectivity index (χ0) is 21.0. The summed E-state index contributed by atoms with van der Waals surface area (Å²) >= 11 is 0. The van der Waals surface area contributed by atoms with Crippen molar-refractivity contribution in [2.75, 3.05) is 6.61 Å². The zero-order valence-electron chi connectivity index (χ0n) is 16.7. The molecule has 0 fully saturated rings. The lowest BCUT2D eigenvalue weighted by molar-refractivity contribution is 0.0466. The van der Waals surface area contributed by atoms with Crippen LogP contribution in [-0.4, -0.2) is 32.7 Å². The smallest absolute Gasteiger partial charge is 0.359 e. The average Bonchev–Trinajstić information content (AvgIpc) is 3.00. The van der Waals surface area contributed by atoms with E-state index in [1.807, 2.05) is 38.1 Å². The van der Waals surface area contributed by atoms with Crippen molar-refractivity contribution in [3.05, 3.63) is 87.1 Å². The topological polar surface area (TPSA) is 83.2 Å². The van der Waals surface area contributed by atoms with Crippen molar-refractivity contribution < 1.29 is 14.3 Å². The van der Waals surface area contributed by atoms with Gasteiger partial charge in [-0.3, -0.25) is 9.59 Å². The van der Waals surface area contributed by atoms with E-state index in [4.69, 9.17) is 4.74 Å². The fourth-order valence-electron chi connectivity index (χ4n) is 3.21. The predicted octanol–water partition coefficient (Wildman–Crippen LogP) is 2.48. The largest absolute Gasteiger partial charge is 0.453 e. The molecule has 0 aliphatic rings. The fraction of sp³-hybridized carbons (Fsp3) is 0.273. The standard InChI is InChI=1S/C22H23N3O4/c1-15-13-18(16(2)25(15)12-11-17-7-5-4-6-8-17)20(26)14-29-22(28)19-9-10-21(27)24(3)23-19/h4-10,13H,11-12,14H2,1-3H3. The number of esters is 1. The first-order valence-corrected chi connectivity index (χ1v) is 9.32. The lowest BCUT2D eigenvalue weighted by atomic mass is 10.1. The highest BCUT2D eigenvalue weighted by molar-refractivity contribution is 6.00. The molecule has 3 rings (SSSR count). The first-order chi connectivity index (χ1) is 13.9. The van der Waals surface area contributed by atoms with E-state index >= 15 is 0 Å². The molecular weight excluding hydrogens is 370 g/mol. The van der Waals surface area contributed by atoms with Crippen molar-refractivity contribution >= 4 is 11.8 Å². The molecule has 1 aromatic carbocycles. The van der Waals surface area contributed by atoms with E-state index in [1.54, 1.807) is 0 Å². The summed E-state index contributed by atoms with van der Waals surface area (Å²) in [5.74, 6) is -1.02.